The lowest BCUT2D eigenvalue weighted by molar-refractivity contribution is 0.0692. The molecule has 0 unspecified atom stereocenters. The maximum Gasteiger partial charge on any atom is 0.356 e. The van der Waals surface area contributed by atoms with Crippen LogP contribution in [0.1, 0.15) is 16.2 Å². The van der Waals surface area contributed by atoms with E-state index in [2.05, 4.69) is 4.98 Å². The van der Waals surface area contributed by atoms with Gasteiger partial charge in [-0.3, -0.25) is 0 Å². The summed E-state index contributed by atoms with van der Waals surface area (Å²) in [6.07, 6.45) is 3.15. The number of aromatic carboxylic acids is 1. The van der Waals surface area contributed by atoms with Crippen LogP contribution in [0.2, 0.25) is 0 Å². The van der Waals surface area contributed by atoms with Gasteiger partial charge in [0.2, 0.25) is 0 Å². The summed E-state index contributed by atoms with van der Waals surface area (Å²) in [6, 6.07) is 3.50. The maximum atomic E-state index is 10.8. The Bertz CT molecular complexity index is 490. The zero-order chi connectivity index (χ0) is 10.1. The van der Waals surface area contributed by atoms with Crippen LogP contribution in [0.4, 0.5) is 0 Å². The Balaban J connectivity index is 2.76. The number of carboxylic acids is 1. The second-order valence-electron chi connectivity index (χ2n) is 2.87. The molecule has 0 bridgehead atoms. The third-order valence-corrected chi connectivity index (χ3v) is 2.08. The molecule has 0 aliphatic rings. The number of carbonyl (C=O) groups is 1. The minimum atomic E-state index is -1.03. The van der Waals surface area contributed by atoms with Crippen molar-refractivity contribution in [3.8, 4) is 0 Å². The summed E-state index contributed by atoms with van der Waals surface area (Å²) in [5.74, 6) is -1.03. The largest absolute Gasteiger partial charge is 0.476 e. The van der Waals surface area contributed by atoms with Gasteiger partial charge in [0.1, 0.15) is 0 Å². The third kappa shape index (κ3) is 1.14. The predicted octanol–water partition coefficient (Wildman–Crippen LogP) is 0.491. The van der Waals surface area contributed by atoms with Gasteiger partial charge < -0.3 is 15.2 Å². The summed E-state index contributed by atoms with van der Waals surface area (Å²) < 4.78 is 1.73. The first-order chi connectivity index (χ1) is 6.74. The molecule has 0 saturated carbocycles. The van der Waals surface area contributed by atoms with Crippen LogP contribution in [-0.4, -0.2) is 20.5 Å². The van der Waals surface area contributed by atoms with Gasteiger partial charge >= 0.3 is 5.97 Å². The van der Waals surface area contributed by atoms with Gasteiger partial charge in [0.25, 0.3) is 0 Å². The van der Waals surface area contributed by atoms with E-state index in [-0.39, 0.29) is 5.69 Å². The summed E-state index contributed by atoms with van der Waals surface area (Å²) in [5.41, 5.74) is 6.98. The van der Waals surface area contributed by atoms with Crippen LogP contribution in [-0.2, 0) is 6.54 Å². The molecule has 0 aliphatic heterocycles. The molecule has 2 aromatic rings. The van der Waals surface area contributed by atoms with Crippen LogP contribution in [0.3, 0.4) is 0 Å². The molecule has 0 saturated heterocycles. The van der Waals surface area contributed by atoms with Gasteiger partial charge in [0.15, 0.2) is 5.69 Å². The molecule has 3 N–H and O–H groups in total. The van der Waals surface area contributed by atoms with Crippen LogP contribution in [0.25, 0.3) is 5.52 Å². The maximum absolute atomic E-state index is 10.8. The highest BCUT2D eigenvalue weighted by Crippen LogP contribution is 2.12. The standard InChI is InChI=1S/C9H9N3O2/c10-5-6-1-2-7-8(9(13)14)11-3-4-12(6)7/h1-4H,5,10H2,(H,13,14). The molecule has 2 rings (SSSR count). The highest BCUT2D eigenvalue weighted by molar-refractivity contribution is 5.93. The quantitative estimate of drug-likeness (QED) is 0.723. The van der Waals surface area contributed by atoms with Gasteiger partial charge in [0.05, 0.1) is 5.52 Å². The monoisotopic (exact) mass is 191 g/mol. The first-order valence-electron chi connectivity index (χ1n) is 4.12. The molecule has 0 aliphatic carbocycles. The summed E-state index contributed by atoms with van der Waals surface area (Å²) in [7, 11) is 0. The summed E-state index contributed by atoms with van der Waals surface area (Å²) >= 11 is 0. The Kier molecular flexibility index (Phi) is 1.94. The predicted molar refractivity (Wildman–Crippen MR) is 50.0 cm³/mol. The molecule has 0 radical (unpaired) electrons. The molecule has 14 heavy (non-hydrogen) atoms. The first-order valence-corrected chi connectivity index (χ1v) is 4.12. The molecule has 0 atom stereocenters. The molecule has 2 heterocycles. The van der Waals surface area contributed by atoms with Crippen molar-refractivity contribution < 1.29 is 9.90 Å². The van der Waals surface area contributed by atoms with Crippen molar-refractivity contribution in [1.29, 1.82) is 0 Å². The number of rotatable bonds is 2. The number of fused-ring (bicyclic) bond motifs is 1. The highest BCUT2D eigenvalue weighted by atomic mass is 16.4. The van der Waals surface area contributed by atoms with Crippen molar-refractivity contribution in [2.45, 2.75) is 6.54 Å². The zero-order valence-corrected chi connectivity index (χ0v) is 7.34. The van der Waals surface area contributed by atoms with E-state index in [1.807, 2.05) is 0 Å². The Labute approximate surface area is 79.8 Å². The summed E-state index contributed by atoms with van der Waals surface area (Å²) in [6.45, 7) is 0.372. The van der Waals surface area contributed by atoms with Crippen molar-refractivity contribution in [1.82, 2.24) is 9.38 Å². The Morgan fingerprint density at radius 2 is 2.36 bits per heavy atom. The fourth-order valence-electron chi connectivity index (χ4n) is 1.43. The molecule has 0 fully saturated rings. The zero-order valence-electron chi connectivity index (χ0n) is 7.34. The Morgan fingerprint density at radius 1 is 1.57 bits per heavy atom. The van der Waals surface area contributed by atoms with Crippen molar-refractivity contribution in [2.75, 3.05) is 0 Å². The number of hydrogen-bond donors (Lipinski definition) is 2. The normalized spacial score (nSPS) is 10.6. The van der Waals surface area contributed by atoms with E-state index in [1.165, 1.54) is 6.20 Å². The minimum Gasteiger partial charge on any atom is -0.476 e. The average molecular weight is 191 g/mol. The van der Waals surface area contributed by atoms with Crippen molar-refractivity contribution in [2.24, 2.45) is 5.73 Å². The van der Waals surface area contributed by atoms with Crippen LogP contribution in [0.15, 0.2) is 24.5 Å². The molecular formula is C9H9N3O2. The molecule has 0 amide bonds. The minimum absolute atomic E-state index is 0.0483. The molecule has 0 spiro atoms. The van der Waals surface area contributed by atoms with Crippen molar-refractivity contribution in [3.05, 3.63) is 35.9 Å². The van der Waals surface area contributed by atoms with Gasteiger partial charge in [-0.1, -0.05) is 0 Å². The number of carboxylic acid groups (broad SMARTS) is 1. The third-order valence-electron chi connectivity index (χ3n) is 2.08. The second-order valence-corrected chi connectivity index (χ2v) is 2.87. The lowest BCUT2D eigenvalue weighted by Crippen LogP contribution is -2.05. The van der Waals surface area contributed by atoms with Gasteiger partial charge in [-0.15, -0.1) is 0 Å². The molecular weight excluding hydrogens is 182 g/mol. The van der Waals surface area contributed by atoms with E-state index in [9.17, 15) is 4.79 Å². The highest BCUT2D eigenvalue weighted by Gasteiger charge is 2.11. The van der Waals surface area contributed by atoms with Crippen molar-refractivity contribution >= 4 is 11.5 Å². The lowest BCUT2D eigenvalue weighted by atomic mass is 10.3. The van der Waals surface area contributed by atoms with Gasteiger partial charge in [-0.2, -0.15) is 0 Å². The lowest BCUT2D eigenvalue weighted by Gasteiger charge is -2.01. The van der Waals surface area contributed by atoms with Gasteiger partial charge in [-0.25, -0.2) is 9.78 Å². The SMILES string of the molecule is NCc1ccc2c(C(=O)O)nccn12. The summed E-state index contributed by atoms with van der Waals surface area (Å²) in [5, 5.41) is 8.86. The molecule has 5 nitrogen and oxygen atoms in total. The first kappa shape index (κ1) is 8.71. The van der Waals surface area contributed by atoms with E-state index >= 15 is 0 Å². The van der Waals surface area contributed by atoms with Gasteiger partial charge in [0, 0.05) is 24.6 Å². The molecule has 0 aromatic carbocycles. The molecule has 2 aromatic heterocycles. The van der Waals surface area contributed by atoms with Crippen LogP contribution in [0.5, 0.6) is 0 Å². The van der Waals surface area contributed by atoms with Crippen molar-refractivity contribution in [3.63, 3.8) is 0 Å². The van der Waals surface area contributed by atoms with E-state index in [0.29, 0.717) is 12.1 Å². The topological polar surface area (TPSA) is 80.6 Å². The Hall–Kier alpha value is -1.88. The molecule has 5 heteroatoms. The fourth-order valence-corrected chi connectivity index (χ4v) is 1.43. The van der Waals surface area contributed by atoms with E-state index in [4.69, 9.17) is 10.8 Å². The van der Waals surface area contributed by atoms with Crippen LogP contribution < -0.4 is 5.73 Å². The average Bonchev–Trinajstić information content (AvgIpc) is 2.59. The Morgan fingerprint density at radius 3 is 3.00 bits per heavy atom. The van der Waals surface area contributed by atoms with E-state index in [1.54, 1.807) is 22.7 Å². The number of aromatic nitrogens is 2. The molecule has 72 valence electrons. The van der Waals surface area contributed by atoms with Crippen LogP contribution in [0, 0.1) is 0 Å². The van der Waals surface area contributed by atoms with E-state index < -0.39 is 5.97 Å². The number of hydrogen-bond acceptors (Lipinski definition) is 3. The second kappa shape index (κ2) is 3.12. The number of nitrogens with two attached hydrogens (primary N) is 1. The van der Waals surface area contributed by atoms with E-state index in [0.717, 1.165) is 5.69 Å². The number of nitrogens with zero attached hydrogens (tertiary/aromatic N) is 2. The fraction of sp³-hybridized carbons (Fsp3) is 0.111. The van der Waals surface area contributed by atoms with Crippen LogP contribution >= 0.6 is 0 Å². The van der Waals surface area contributed by atoms with Gasteiger partial charge in [-0.05, 0) is 12.1 Å². The summed E-state index contributed by atoms with van der Waals surface area (Å²) in [4.78, 5) is 14.6. The smallest absolute Gasteiger partial charge is 0.356 e.